The zero-order valence-corrected chi connectivity index (χ0v) is 15.6. The molecule has 134 valence electrons. The van der Waals surface area contributed by atoms with Gasteiger partial charge in [0.2, 0.25) is 5.91 Å². The monoisotopic (exact) mass is 366 g/mol. The van der Waals surface area contributed by atoms with E-state index in [1.165, 1.54) is 18.4 Å². The molecular formula is C21H22N2O2S. The number of aromatic nitrogens is 1. The minimum Gasteiger partial charge on any atom is -0.497 e. The average molecular weight is 366 g/mol. The molecule has 4 nitrogen and oxygen atoms in total. The van der Waals surface area contributed by atoms with Gasteiger partial charge in [0.05, 0.1) is 7.11 Å². The lowest BCUT2D eigenvalue weighted by molar-refractivity contribution is -0.120. The van der Waals surface area contributed by atoms with E-state index in [-0.39, 0.29) is 11.8 Å². The van der Waals surface area contributed by atoms with E-state index in [1.807, 2.05) is 18.3 Å². The standard InChI is InChI=1S/C21H22N2O2S/c1-25-15-5-2-13(3-6-15)10-16-12-22-20(26-16)23-19(24)17-11-14-4-7-18(17)21(14)8-9-21/h2-7,12,14,17-18H,8-11H2,1H3,(H,22,23,24)/t14-,17+,18-/m1/s1. The van der Waals surface area contributed by atoms with Crippen LogP contribution in [0.4, 0.5) is 5.13 Å². The van der Waals surface area contributed by atoms with Crippen molar-refractivity contribution in [2.24, 2.45) is 23.2 Å². The first-order valence-electron chi connectivity index (χ1n) is 9.25. The summed E-state index contributed by atoms with van der Waals surface area (Å²) in [5.74, 6) is 2.22. The van der Waals surface area contributed by atoms with Crippen molar-refractivity contribution in [2.75, 3.05) is 12.4 Å². The highest BCUT2D eigenvalue weighted by molar-refractivity contribution is 7.15. The van der Waals surface area contributed by atoms with Crippen LogP contribution in [-0.4, -0.2) is 18.0 Å². The second-order valence-electron chi connectivity index (χ2n) is 7.74. The van der Waals surface area contributed by atoms with Crippen LogP contribution in [0.1, 0.15) is 29.7 Å². The summed E-state index contributed by atoms with van der Waals surface area (Å²) in [5.41, 5.74) is 1.66. The minimum atomic E-state index is 0.126. The highest BCUT2D eigenvalue weighted by atomic mass is 32.1. The number of rotatable bonds is 5. The lowest BCUT2D eigenvalue weighted by Crippen LogP contribution is -2.27. The van der Waals surface area contributed by atoms with Gasteiger partial charge in [0.15, 0.2) is 5.13 Å². The summed E-state index contributed by atoms with van der Waals surface area (Å²) >= 11 is 1.57. The van der Waals surface area contributed by atoms with Gasteiger partial charge in [-0.05, 0) is 54.2 Å². The fraction of sp³-hybridized carbons (Fsp3) is 0.429. The highest BCUT2D eigenvalue weighted by Gasteiger charge is 2.64. The average Bonchev–Trinajstić information content (AvgIpc) is 3.12. The third-order valence-electron chi connectivity index (χ3n) is 6.38. The van der Waals surface area contributed by atoms with Gasteiger partial charge in [0.1, 0.15) is 5.75 Å². The Balaban J connectivity index is 1.23. The number of methoxy groups -OCH3 is 1. The molecule has 1 heterocycles. The Morgan fingerprint density at radius 1 is 1.31 bits per heavy atom. The molecule has 1 amide bonds. The molecule has 2 fully saturated rings. The van der Waals surface area contributed by atoms with Gasteiger partial charge in [-0.1, -0.05) is 24.3 Å². The molecule has 2 bridgehead atoms. The van der Waals surface area contributed by atoms with Gasteiger partial charge in [-0.25, -0.2) is 4.98 Å². The number of anilines is 1. The van der Waals surface area contributed by atoms with Gasteiger partial charge >= 0.3 is 0 Å². The number of ether oxygens (including phenoxy) is 1. The number of carbonyl (C=O) groups is 1. The molecule has 0 aliphatic heterocycles. The molecule has 0 radical (unpaired) electrons. The normalized spacial score (nSPS) is 27.0. The Hall–Kier alpha value is -2.14. The zero-order valence-electron chi connectivity index (χ0n) is 14.8. The predicted octanol–water partition coefficient (Wildman–Crippen LogP) is 4.28. The maximum absolute atomic E-state index is 12.8. The second-order valence-corrected chi connectivity index (χ2v) is 8.85. The second kappa shape index (κ2) is 5.95. The summed E-state index contributed by atoms with van der Waals surface area (Å²) in [4.78, 5) is 18.3. The van der Waals surface area contributed by atoms with Crippen molar-refractivity contribution < 1.29 is 9.53 Å². The molecule has 1 spiro atoms. The van der Waals surface area contributed by atoms with E-state index in [1.54, 1.807) is 18.4 Å². The van der Waals surface area contributed by atoms with Crippen molar-refractivity contribution in [2.45, 2.75) is 25.7 Å². The van der Waals surface area contributed by atoms with Crippen molar-refractivity contribution in [3.05, 3.63) is 53.1 Å². The number of nitrogens with one attached hydrogen (secondary N) is 1. The molecule has 2 saturated carbocycles. The van der Waals surface area contributed by atoms with E-state index in [0.29, 0.717) is 17.3 Å². The van der Waals surface area contributed by atoms with E-state index >= 15 is 0 Å². The molecule has 1 aromatic heterocycles. The van der Waals surface area contributed by atoms with Crippen molar-refractivity contribution in [1.82, 2.24) is 4.98 Å². The fourth-order valence-electron chi connectivity index (χ4n) is 4.86. The van der Waals surface area contributed by atoms with Crippen LogP contribution in [0.25, 0.3) is 0 Å². The molecule has 3 atom stereocenters. The Morgan fingerprint density at radius 2 is 2.12 bits per heavy atom. The number of nitrogens with zero attached hydrogens (tertiary/aromatic N) is 1. The molecule has 3 aliphatic rings. The third kappa shape index (κ3) is 2.57. The maximum Gasteiger partial charge on any atom is 0.229 e. The van der Waals surface area contributed by atoms with Crippen molar-refractivity contribution in [3.8, 4) is 5.75 Å². The van der Waals surface area contributed by atoms with Gasteiger partial charge in [-0.3, -0.25) is 4.79 Å². The lowest BCUT2D eigenvalue weighted by Gasteiger charge is -2.18. The van der Waals surface area contributed by atoms with E-state index < -0.39 is 0 Å². The first-order chi connectivity index (χ1) is 12.7. The van der Waals surface area contributed by atoms with Crippen LogP contribution in [0.3, 0.4) is 0 Å². The quantitative estimate of drug-likeness (QED) is 0.804. The van der Waals surface area contributed by atoms with Gasteiger partial charge in [-0.2, -0.15) is 0 Å². The number of carbonyl (C=O) groups excluding carboxylic acids is 1. The molecule has 5 rings (SSSR count). The van der Waals surface area contributed by atoms with E-state index in [2.05, 4.69) is 34.6 Å². The largest absolute Gasteiger partial charge is 0.497 e. The first kappa shape index (κ1) is 16.1. The summed E-state index contributed by atoms with van der Waals surface area (Å²) in [6.07, 6.45) is 10.9. The minimum absolute atomic E-state index is 0.126. The van der Waals surface area contributed by atoms with Crippen LogP contribution in [0, 0.1) is 23.2 Å². The topological polar surface area (TPSA) is 51.2 Å². The van der Waals surface area contributed by atoms with Crippen LogP contribution < -0.4 is 10.1 Å². The number of thiazole rings is 1. The number of hydrogen-bond donors (Lipinski definition) is 1. The van der Waals surface area contributed by atoms with Crippen LogP contribution in [-0.2, 0) is 11.2 Å². The summed E-state index contributed by atoms with van der Waals surface area (Å²) < 4.78 is 5.19. The first-order valence-corrected chi connectivity index (χ1v) is 10.1. The molecule has 2 aromatic rings. The van der Waals surface area contributed by atoms with Crippen molar-refractivity contribution in [1.29, 1.82) is 0 Å². The zero-order chi connectivity index (χ0) is 17.7. The van der Waals surface area contributed by atoms with E-state index in [9.17, 15) is 4.79 Å². The van der Waals surface area contributed by atoms with Gasteiger partial charge < -0.3 is 10.1 Å². The van der Waals surface area contributed by atoms with Gasteiger partial charge in [0.25, 0.3) is 0 Å². The SMILES string of the molecule is COc1ccc(Cc2cnc(NC(=O)[C@H]3C[C@H]4C=C[C@H]3C43CC3)s2)cc1. The summed E-state index contributed by atoms with van der Waals surface area (Å²) in [5, 5.41) is 3.79. The molecule has 0 saturated heterocycles. The molecule has 0 unspecified atom stereocenters. The van der Waals surface area contributed by atoms with E-state index in [4.69, 9.17) is 4.74 Å². The Kier molecular flexibility index (Phi) is 3.67. The molecular weight excluding hydrogens is 344 g/mol. The van der Waals surface area contributed by atoms with Gasteiger partial charge in [-0.15, -0.1) is 11.3 Å². The van der Waals surface area contributed by atoms with Crippen molar-refractivity contribution in [3.63, 3.8) is 0 Å². The fourth-order valence-corrected chi connectivity index (χ4v) is 5.71. The number of benzene rings is 1. The smallest absolute Gasteiger partial charge is 0.229 e. The molecule has 26 heavy (non-hydrogen) atoms. The predicted molar refractivity (Wildman–Crippen MR) is 102 cm³/mol. The van der Waals surface area contributed by atoms with Crippen LogP contribution in [0.15, 0.2) is 42.6 Å². The van der Waals surface area contributed by atoms with Crippen LogP contribution in [0.5, 0.6) is 5.75 Å². The van der Waals surface area contributed by atoms with Crippen molar-refractivity contribution >= 4 is 22.4 Å². The molecule has 3 aliphatic carbocycles. The Labute approximate surface area is 157 Å². The van der Waals surface area contributed by atoms with Gasteiger partial charge in [0, 0.05) is 23.4 Å². The number of hydrogen-bond acceptors (Lipinski definition) is 4. The summed E-state index contributed by atoms with van der Waals surface area (Å²) in [7, 11) is 1.67. The third-order valence-corrected chi connectivity index (χ3v) is 7.29. The number of allylic oxidation sites excluding steroid dienone is 2. The molecule has 5 heteroatoms. The van der Waals surface area contributed by atoms with Crippen LogP contribution in [0.2, 0.25) is 0 Å². The summed E-state index contributed by atoms with van der Waals surface area (Å²) in [6, 6.07) is 8.06. The summed E-state index contributed by atoms with van der Waals surface area (Å²) in [6.45, 7) is 0. The Morgan fingerprint density at radius 3 is 2.81 bits per heavy atom. The van der Waals surface area contributed by atoms with Crippen LogP contribution >= 0.6 is 11.3 Å². The molecule has 1 aromatic carbocycles. The highest BCUT2D eigenvalue weighted by Crippen LogP contribution is 2.70. The maximum atomic E-state index is 12.8. The number of amides is 1. The molecule has 1 N–H and O–H groups in total. The Bertz CT molecular complexity index is 866. The van der Waals surface area contributed by atoms with E-state index in [0.717, 1.165) is 28.6 Å². The lowest BCUT2D eigenvalue weighted by atomic mass is 9.88.